The second-order valence-corrected chi connectivity index (χ2v) is 5.22. The number of hydrogen-bond donors (Lipinski definition) is 0. The van der Waals surface area contributed by atoms with E-state index >= 15 is 0 Å². The maximum atomic E-state index is 2.27. The summed E-state index contributed by atoms with van der Waals surface area (Å²) in [6.45, 7) is 4.39. The maximum absolute atomic E-state index is 2.27. The monoisotopic (exact) mass is 264 g/mol. The van der Waals surface area contributed by atoms with Crippen LogP contribution in [0.15, 0.2) is 60.7 Å². The molecule has 0 bridgehead atoms. The molecule has 20 heavy (non-hydrogen) atoms. The second-order valence-electron chi connectivity index (χ2n) is 5.22. The Kier molecular flexibility index (Phi) is 5.61. The van der Waals surface area contributed by atoms with Gasteiger partial charge in [0.15, 0.2) is 0 Å². The highest BCUT2D eigenvalue weighted by Crippen LogP contribution is 2.08. The van der Waals surface area contributed by atoms with Crippen LogP contribution in [0.4, 0.5) is 0 Å². The van der Waals surface area contributed by atoms with Gasteiger partial charge in [0.2, 0.25) is 0 Å². The molecule has 2 rings (SSSR count). The largest absolute Gasteiger partial charge is 0.0838 e. The zero-order valence-corrected chi connectivity index (χ0v) is 12.6. The Labute approximate surface area is 123 Å². The van der Waals surface area contributed by atoms with Crippen molar-refractivity contribution < 1.29 is 0 Å². The van der Waals surface area contributed by atoms with Gasteiger partial charge in [-0.2, -0.15) is 0 Å². The van der Waals surface area contributed by atoms with Gasteiger partial charge in [-0.15, -0.1) is 0 Å². The van der Waals surface area contributed by atoms with E-state index in [1.807, 2.05) is 0 Å². The minimum Gasteiger partial charge on any atom is -0.0838 e. The van der Waals surface area contributed by atoms with Crippen LogP contribution in [0.2, 0.25) is 0 Å². The molecule has 0 aliphatic rings. The lowest BCUT2D eigenvalue weighted by Gasteiger charge is -2.00. The van der Waals surface area contributed by atoms with Gasteiger partial charge < -0.3 is 0 Å². The number of aryl methyl sites for hydroxylation is 2. The van der Waals surface area contributed by atoms with Crippen molar-refractivity contribution in [3.8, 4) is 0 Å². The van der Waals surface area contributed by atoms with Crippen LogP contribution < -0.4 is 0 Å². The Bertz CT molecular complexity index is 478. The molecule has 0 N–H and O–H groups in total. The van der Waals surface area contributed by atoms with E-state index < -0.39 is 0 Å². The van der Waals surface area contributed by atoms with Crippen LogP contribution in [0.5, 0.6) is 0 Å². The van der Waals surface area contributed by atoms with Crippen molar-refractivity contribution in [2.45, 2.75) is 39.5 Å². The number of hydrogen-bond acceptors (Lipinski definition) is 0. The standard InChI is InChI=1S/C20H24/c1-3-17-9-13-19(14-10-17)7-5-6-8-20-15-11-18(4-2)12-16-20/h5-6,9-16H,3-4,7-8H2,1-2H3/b6-5+. The normalized spacial score (nSPS) is 11.1. The van der Waals surface area contributed by atoms with Gasteiger partial charge in [-0.1, -0.05) is 74.5 Å². The molecule has 0 aromatic heterocycles. The summed E-state index contributed by atoms with van der Waals surface area (Å²) in [6, 6.07) is 17.9. The van der Waals surface area contributed by atoms with Crippen LogP contribution in [0.25, 0.3) is 0 Å². The van der Waals surface area contributed by atoms with Crippen molar-refractivity contribution in [2.75, 3.05) is 0 Å². The fourth-order valence-corrected chi connectivity index (χ4v) is 2.26. The summed E-state index contributed by atoms with van der Waals surface area (Å²) in [6.07, 6.45) is 8.82. The maximum Gasteiger partial charge on any atom is -0.00973 e. The molecule has 0 spiro atoms. The van der Waals surface area contributed by atoms with Crippen molar-refractivity contribution in [1.82, 2.24) is 0 Å². The van der Waals surface area contributed by atoms with E-state index in [4.69, 9.17) is 0 Å². The van der Waals surface area contributed by atoms with Gasteiger partial charge in [0, 0.05) is 0 Å². The Hall–Kier alpha value is -1.82. The quantitative estimate of drug-likeness (QED) is 0.633. The first-order valence-electron chi connectivity index (χ1n) is 7.62. The lowest BCUT2D eigenvalue weighted by atomic mass is 10.1. The molecule has 0 aliphatic carbocycles. The van der Waals surface area contributed by atoms with Gasteiger partial charge in [0.25, 0.3) is 0 Å². The van der Waals surface area contributed by atoms with Gasteiger partial charge in [0.1, 0.15) is 0 Å². The summed E-state index contributed by atoms with van der Waals surface area (Å²) in [4.78, 5) is 0. The fraction of sp³-hybridized carbons (Fsp3) is 0.300. The topological polar surface area (TPSA) is 0 Å². The molecule has 0 heteroatoms. The van der Waals surface area contributed by atoms with Gasteiger partial charge in [-0.25, -0.2) is 0 Å². The molecule has 0 radical (unpaired) electrons. The predicted octanol–water partition coefficient (Wildman–Crippen LogP) is 5.15. The predicted molar refractivity (Wildman–Crippen MR) is 88.2 cm³/mol. The van der Waals surface area contributed by atoms with Gasteiger partial charge in [-0.3, -0.25) is 0 Å². The Morgan fingerprint density at radius 3 is 1.15 bits per heavy atom. The Balaban J connectivity index is 1.83. The van der Waals surface area contributed by atoms with E-state index in [1.165, 1.54) is 22.3 Å². The van der Waals surface area contributed by atoms with Crippen molar-refractivity contribution in [1.29, 1.82) is 0 Å². The zero-order valence-electron chi connectivity index (χ0n) is 12.6. The highest BCUT2D eigenvalue weighted by molar-refractivity contribution is 5.26. The molecule has 0 heterocycles. The second kappa shape index (κ2) is 7.69. The summed E-state index contributed by atoms with van der Waals surface area (Å²) >= 11 is 0. The molecular formula is C20H24. The molecular weight excluding hydrogens is 240 g/mol. The smallest absolute Gasteiger partial charge is 0.00973 e. The van der Waals surface area contributed by atoms with E-state index in [1.54, 1.807) is 0 Å². The molecule has 0 amide bonds. The summed E-state index contributed by atoms with van der Waals surface area (Å²) in [7, 11) is 0. The highest BCUT2D eigenvalue weighted by atomic mass is 14.0. The SMILES string of the molecule is CCc1ccc(C/C=C/Cc2ccc(CC)cc2)cc1. The van der Waals surface area contributed by atoms with Crippen molar-refractivity contribution in [2.24, 2.45) is 0 Å². The third kappa shape index (κ3) is 4.38. The summed E-state index contributed by atoms with van der Waals surface area (Å²) in [5.41, 5.74) is 5.60. The Morgan fingerprint density at radius 2 is 0.850 bits per heavy atom. The van der Waals surface area contributed by atoms with E-state index in [0.717, 1.165) is 25.7 Å². The van der Waals surface area contributed by atoms with Crippen LogP contribution >= 0.6 is 0 Å². The van der Waals surface area contributed by atoms with Gasteiger partial charge >= 0.3 is 0 Å². The van der Waals surface area contributed by atoms with Crippen LogP contribution in [0.1, 0.15) is 36.1 Å². The van der Waals surface area contributed by atoms with Crippen LogP contribution in [-0.4, -0.2) is 0 Å². The third-order valence-corrected chi connectivity index (χ3v) is 3.74. The molecule has 0 unspecified atom stereocenters. The Morgan fingerprint density at radius 1 is 0.550 bits per heavy atom. The number of benzene rings is 2. The lowest BCUT2D eigenvalue weighted by Crippen LogP contribution is -1.86. The molecule has 0 fully saturated rings. The first-order chi connectivity index (χ1) is 9.81. The van der Waals surface area contributed by atoms with Gasteiger partial charge in [-0.05, 0) is 47.9 Å². The first kappa shape index (κ1) is 14.6. The lowest BCUT2D eigenvalue weighted by molar-refractivity contribution is 1.12. The molecule has 0 saturated carbocycles. The van der Waals surface area contributed by atoms with Crippen LogP contribution in [0.3, 0.4) is 0 Å². The van der Waals surface area contributed by atoms with Crippen molar-refractivity contribution in [3.05, 3.63) is 82.9 Å². The molecule has 0 saturated heterocycles. The van der Waals surface area contributed by atoms with Crippen LogP contribution in [-0.2, 0) is 25.7 Å². The van der Waals surface area contributed by atoms with E-state index in [-0.39, 0.29) is 0 Å². The summed E-state index contributed by atoms with van der Waals surface area (Å²) < 4.78 is 0. The molecule has 0 atom stereocenters. The molecule has 2 aromatic carbocycles. The molecule has 2 aromatic rings. The average molecular weight is 264 g/mol. The minimum absolute atomic E-state index is 1.02. The highest BCUT2D eigenvalue weighted by Gasteiger charge is 1.93. The third-order valence-electron chi connectivity index (χ3n) is 3.74. The first-order valence-corrected chi connectivity index (χ1v) is 7.62. The minimum atomic E-state index is 1.02. The fourth-order valence-electron chi connectivity index (χ4n) is 2.26. The van der Waals surface area contributed by atoms with Gasteiger partial charge in [0.05, 0.1) is 0 Å². The van der Waals surface area contributed by atoms with Crippen LogP contribution in [0, 0.1) is 0 Å². The molecule has 0 nitrogen and oxygen atoms in total. The van der Waals surface area contributed by atoms with E-state index in [9.17, 15) is 0 Å². The zero-order chi connectivity index (χ0) is 14.2. The number of rotatable bonds is 6. The van der Waals surface area contributed by atoms with E-state index in [0.29, 0.717) is 0 Å². The average Bonchev–Trinajstić information content (AvgIpc) is 2.53. The van der Waals surface area contributed by atoms with E-state index in [2.05, 4.69) is 74.5 Å². The number of allylic oxidation sites excluding steroid dienone is 2. The summed E-state index contributed by atoms with van der Waals surface area (Å²) in [5, 5.41) is 0. The molecule has 0 aliphatic heterocycles. The summed E-state index contributed by atoms with van der Waals surface area (Å²) in [5.74, 6) is 0. The van der Waals surface area contributed by atoms with Crippen molar-refractivity contribution >= 4 is 0 Å². The van der Waals surface area contributed by atoms with Crippen molar-refractivity contribution in [3.63, 3.8) is 0 Å². The molecule has 104 valence electrons.